The summed E-state index contributed by atoms with van der Waals surface area (Å²) in [5.41, 5.74) is 5.64. The highest BCUT2D eigenvalue weighted by Gasteiger charge is 2.47. The van der Waals surface area contributed by atoms with Gasteiger partial charge in [-0.3, -0.25) is 0 Å². The molecule has 2 aliphatic rings. The Labute approximate surface area is 203 Å². The minimum absolute atomic E-state index is 0.00546. The highest BCUT2D eigenvalue weighted by atomic mass is 28.4. The Morgan fingerprint density at radius 1 is 0.636 bits per heavy atom. The van der Waals surface area contributed by atoms with Crippen LogP contribution in [0.15, 0.2) is 60.7 Å². The van der Waals surface area contributed by atoms with E-state index in [1.54, 1.807) is 0 Å². The predicted molar refractivity (Wildman–Crippen MR) is 147 cm³/mol. The lowest BCUT2D eigenvalue weighted by atomic mass is 9.60. The molecule has 2 aliphatic carbocycles. The van der Waals surface area contributed by atoms with E-state index in [4.69, 9.17) is 8.85 Å². The van der Waals surface area contributed by atoms with Crippen molar-refractivity contribution in [1.29, 1.82) is 0 Å². The van der Waals surface area contributed by atoms with Gasteiger partial charge in [0, 0.05) is 25.0 Å². The van der Waals surface area contributed by atoms with Crippen LogP contribution in [0.25, 0.3) is 12.2 Å². The van der Waals surface area contributed by atoms with Crippen LogP contribution >= 0.6 is 0 Å². The molecule has 0 spiro atoms. The van der Waals surface area contributed by atoms with Gasteiger partial charge in [0.2, 0.25) is 0 Å². The molecule has 4 heteroatoms. The van der Waals surface area contributed by atoms with E-state index in [-0.39, 0.29) is 5.41 Å². The number of benzene rings is 2. The van der Waals surface area contributed by atoms with Gasteiger partial charge in [-0.1, -0.05) is 72.8 Å². The van der Waals surface area contributed by atoms with Crippen molar-refractivity contribution < 1.29 is 8.85 Å². The molecule has 0 fully saturated rings. The first-order valence-corrected chi connectivity index (χ1v) is 19.2. The molecule has 0 radical (unpaired) electrons. The van der Waals surface area contributed by atoms with Gasteiger partial charge in [0.15, 0.2) is 16.6 Å². The molecule has 0 N–H and O–H groups in total. The average Bonchev–Trinajstić information content (AvgIpc) is 3.36. The Balaban J connectivity index is 1.77. The van der Waals surface area contributed by atoms with Gasteiger partial charge in [-0.2, -0.15) is 0 Å². The van der Waals surface area contributed by atoms with E-state index in [2.05, 4.69) is 112 Å². The lowest BCUT2D eigenvalue weighted by molar-refractivity contribution is 0.114. The summed E-state index contributed by atoms with van der Waals surface area (Å²) in [6.07, 6.45) is 11.6. The monoisotopic (exact) mass is 476 g/mol. The van der Waals surface area contributed by atoms with E-state index in [1.807, 2.05) is 0 Å². The van der Waals surface area contributed by atoms with E-state index >= 15 is 0 Å². The molecule has 33 heavy (non-hydrogen) atoms. The zero-order valence-corrected chi connectivity index (χ0v) is 23.2. The first kappa shape index (κ1) is 24.4. The van der Waals surface area contributed by atoms with E-state index in [0.29, 0.717) is 11.8 Å². The van der Waals surface area contributed by atoms with Crippen molar-refractivity contribution in [3.8, 4) is 0 Å². The van der Waals surface area contributed by atoms with Crippen LogP contribution in [-0.4, -0.2) is 29.8 Å². The van der Waals surface area contributed by atoms with E-state index in [1.165, 1.54) is 22.3 Å². The molecule has 2 atom stereocenters. The fourth-order valence-electron chi connectivity index (χ4n) is 5.54. The van der Waals surface area contributed by atoms with Gasteiger partial charge < -0.3 is 8.85 Å². The lowest BCUT2D eigenvalue weighted by Crippen LogP contribution is -2.39. The van der Waals surface area contributed by atoms with Crippen LogP contribution in [-0.2, 0) is 8.85 Å². The van der Waals surface area contributed by atoms with Crippen molar-refractivity contribution in [3.05, 3.63) is 82.9 Å². The fraction of sp³-hybridized carbons (Fsp3) is 0.448. The molecule has 2 aromatic rings. The smallest absolute Gasteiger partial charge is 0.183 e. The van der Waals surface area contributed by atoms with Gasteiger partial charge in [0.05, 0.1) is 0 Å². The Bertz CT molecular complexity index is 943. The number of rotatable bonds is 10. The molecular weight excluding hydrogens is 436 g/mol. The Hall–Kier alpha value is -1.73. The van der Waals surface area contributed by atoms with Crippen LogP contribution in [0, 0.1) is 5.41 Å². The molecule has 176 valence electrons. The largest absolute Gasteiger partial charge is 0.418 e. The summed E-state index contributed by atoms with van der Waals surface area (Å²) in [4.78, 5) is 0. The van der Waals surface area contributed by atoms with Crippen molar-refractivity contribution >= 4 is 28.8 Å². The Morgan fingerprint density at radius 2 is 1.03 bits per heavy atom. The van der Waals surface area contributed by atoms with Crippen LogP contribution < -0.4 is 0 Å². The van der Waals surface area contributed by atoms with Crippen LogP contribution in [0.2, 0.25) is 39.3 Å². The van der Waals surface area contributed by atoms with E-state index in [9.17, 15) is 0 Å². The first-order chi connectivity index (χ1) is 15.6. The normalized spacial score (nSPS) is 19.7. The molecular formula is C29H40O2Si2. The molecule has 2 nitrogen and oxygen atoms in total. The summed E-state index contributed by atoms with van der Waals surface area (Å²) in [7, 11) is -3.20. The zero-order chi connectivity index (χ0) is 23.7. The molecule has 0 aliphatic heterocycles. The minimum atomic E-state index is -1.60. The fourth-order valence-corrected chi connectivity index (χ4v) is 6.97. The number of hydrogen-bond acceptors (Lipinski definition) is 2. The summed E-state index contributed by atoms with van der Waals surface area (Å²) in [5.74, 6) is 0.704. The minimum Gasteiger partial charge on any atom is -0.418 e. The number of hydrogen-bond donors (Lipinski definition) is 0. The Morgan fingerprint density at radius 3 is 1.42 bits per heavy atom. The predicted octanol–water partition coefficient (Wildman–Crippen LogP) is 8.08. The Kier molecular flexibility index (Phi) is 7.02. The number of allylic oxidation sites excluding steroid dienone is 2. The standard InChI is InChI=1S/C29H40O2Si2/c1-32(2,3)30-21-19-29(20-22-31-33(4,5)6,27-17-15-23-11-7-9-13-25(23)27)28-18-16-24-12-8-10-14-26(24)28/h7-18,27-28H,19-22H2,1-6H3. The molecule has 0 bridgehead atoms. The second-order valence-corrected chi connectivity index (χ2v) is 20.6. The summed E-state index contributed by atoms with van der Waals surface area (Å²) >= 11 is 0. The molecule has 2 unspecified atom stereocenters. The maximum atomic E-state index is 6.49. The topological polar surface area (TPSA) is 18.5 Å². The van der Waals surface area contributed by atoms with Crippen molar-refractivity contribution in [2.75, 3.05) is 13.2 Å². The maximum absolute atomic E-state index is 6.49. The summed E-state index contributed by atoms with van der Waals surface area (Å²) in [5, 5.41) is 0. The van der Waals surface area contributed by atoms with E-state index < -0.39 is 16.6 Å². The highest BCUT2D eigenvalue weighted by molar-refractivity contribution is 6.70. The van der Waals surface area contributed by atoms with Crippen molar-refractivity contribution in [3.63, 3.8) is 0 Å². The number of fused-ring (bicyclic) bond motifs is 2. The molecule has 0 heterocycles. The molecule has 0 saturated carbocycles. The molecule has 0 amide bonds. The highest BCUT2D eigenvalue weighted by Crippen LogP contribution is 2.58. The second-order valence-electron chi connectivity index (χ2n) is 11.6. The quantitative estimate of drug-likeness (QED) is 0.323. The van der Waals surface area contributed by atoms with Gasteiger partial charge in [0.1, 0.15) is 0 Å². The first-order valence-electron chi connectivity index (χ1n) is 12.4. The SMILES string of the molecule is C[Si](C)(C)OCCC(CCO[Si](C)(C)C)(C1C=Cc2ccccc21)C1C=Cc2ccccc21. The molecule has 0 saturated heterocycles. The maximum Gasteiger partial charge on any atom is 0.183 e. The van der Waals surface area contributed by atoms with Crippen molar-refractivity contribution in [2.45, 2.75) is 64.0 Å². The third-order valence-corrected chi connectivity index (χ3v) is 9.18. The summed E-state index contributed by atoms with van der Waals surface area (Å²) in [6.45, 7) is 15.4. The molecule has 0 aromatic heterocycles. The van der Waals surface area contributed by atoms with Gasteiger partial charge in [-0.05, 0) is 79.8 Å². The third-order valence-electron chi connectivity index (χ3n) is 7.04. The lowest BCUT2D eigenvalue weighted by Gasteiger charge is -2.45. The van der Waals surface area contributed by atoms with Crippen LogP contribution in [0.5, 0.6) is 0 Å². The zero-order valence-electron chi connectivity index (χ0n) is 21.2. The molecule has 2 aromatic carbocycles. The van der Waals surface area contributed by atoms with Crippen molar-refractivity contribution in [1.82, 2.24) is 0 Å². The second kappa shape index (κ2) is 9.49. The van der Waals surface area contributed by atoms with Gasteiger partial charge in [-0.25, -0.2) is 0 Å². The van der Waals surface area contributed by atoms with Crippen molar-refractivity contribution in [2.24, 2.45) is 5.41 Å². The van der Waals surface area contributed by atoms with Crippen LogP contribution in [0.3, 0.4) is 0 Å². The third kappa shape index (κ3) is 5.51. The van der Waals surface area contributed by atoms with Gasteiger partial charge in [-0.15, -0.1) is 0 Å². The van der Waals surface area contributed by atoms with Crippen LogP contribution in [0.4, 0.5) is 0 Å². The van der Waals surface area contributed by atoms with E-state index in [0.717, 1.165) is 26.1 Å². The summed E-state index contributed by atoms with van der Waals surface area (Å²) in [6, 6.07) is 17.9. The van der Waals surface area contributed by atoms with Crippen LogP contribution in [0.1, 0.15) is 46.9 Å². The van der Waals surface area contributed by atoms with Gasteiger partial charge >= 0.3 is 0 Å². The average molecular weight is 477 g/mol. The molecule has 4 rings (SSSR count). The summed E-state index contributed by atoms with van der Waals surface area (Å²) < 4.78 is 13.0. The van der Waals surface area contributed by atoms with Gasteiger partial charge in [0.25, 0.3) is 0 Å².